The van der Waals surface area contributed by atoms with Crippen LogP contribution in [0.4, 0.5) is 5.69 Å². The number of hydrogen-bond donors (Lipinski definition) is 2. The van der Waals surface area contributed by atoms with Crippen molar-refractivity contribution in [1.29, 1.82) is 5.26 Å². The molecule has 0 aliphatic heterocycles. The molecular weight excluding hydrogens is 358 g/mol. The minimum absolute atomic E-state index is 0.276. The van der Waals surface area contributed by atoms with Crippen molar-refractivity contribution in [1.82, 2.24) is 5.32 Å². The van der Waals surface area contributed by atoms with Gasteiger partial charge in [0, 0.05) is 12.2 Å². The fourth-order valence-electron chi connectivity index (χ4n) is 2.94. The molecule has 1 aliphatic rings. The fraction of sp³-hybridized carbons (Fsp3) is 0.286. The molecule has 7 nitrogen and oxygen atoms in total. The molecule has 1 aliphatic carbocycles. The topological polar surface area (TPSA) is 100 Å². The lowest BCUT2D eigenvalue weighted by atomic mass is 10.0. The van der Waals surface area contributed by atoms with Crippen molar-refractivity contribution in [3.63, 3.8) is 0 Å². The molecular formula is C21H21N3O4. The van der Waals surface area contributed by atoms with Crippen LogP contribution in [-0.2, 0) is 16.1 Å². The molecule has 0 bridgehead atoms. The summed E-state index contributed by atoms with van der Waals surface area (Å²) < 4.78 is 10.5. The molecule has 2 aromatic carbocycles. The number of carbonyl (C=O) groups excluding carboxylic acids is 2. The first-order chi connectivity index (χ1) is 13.5. The van der Waals surface area contributed by atoms with E-state index in [4.69, 9.17) is 14.7 Å². The van der Waals surface area contributed by atoms with Crippen LogP contribution in [0.2, 0.25) is 0 Å². The van der Waals surface area contributed by atoms with Gasteiger partial charge in [0.15, 0.2) is 11.5 Å². The Morgan fingerprint density at radius 2 is 1.82 bits per heavy atom. The highest BCUT2D eigenvalue weighted by atomic mass is 16.5. The third-order valence-corrected chi connectivity index (χ3v) is 4.77. The van der Waals surface area contributed by atoms with Crippen LogP contribution in [0.5, 0.6) is 11.5 Å². The van der Waals surface area contributed by atoms with Crippen molar-refractivity contribution in [2.45, 2.75) is 19.4 Å². The summed E-state index contributed by atoms with van der Waals surface area (Å²) in [6.07, 6.45) is 0.989. The summed E-state index contributed by atoms with van der Waals surface area (Å²) in [6.45, 7) is 0.276. The van der Waals surface area contributed by atoms with Crippen molar-refractivity contribution in [2.24, 2.45) is 5.41 Å². The molecule has 2 N–H and O–H groups in total. The van der Waals surface area contributed by atoms with Gasteiger partial charge in [0.2, 0.25) is 11.8 Å². The monoisotopic (exact) mass is 379 g/mol. The van der Waals surface area contributed by atoms with Crippen LogP contribution in [0.1, 0.15) is 24.0 Å². The smallest absolute Gasteiger partial charge is 0.240 e. The second-order valence-electron chi connectivity index (χ2n) is 6.60. The Labute approximate surface area is 163 Å². The maximum Gasteiger partial charge on any atom is 0.240 e. The predicted octanol–water partition coefficient (Wildman–Crippen LogP) is 2.61. The number of nitrogens with one attached hydrogen (secondary N) is 2. The number of ether oxygens (including phenoxy) is 2. The summed E-state index contributed by atoms with van der Waals surface area (Å²) in [5, 5.41) is 14.5. The predicted molar refractivity (Wildman–Crippen MR) is 103 cm³/mol. The first-order valence-electron chi connectivity index (χ1n) is 8.83. The van der Waals surface area contributed by atoms with E-state index in [2.05, 4.69) is 10.6 Å². The zero-order chi connectivity index (χ0) is 20.1. The standard InChI is InChI=1S/C21H21N3O4/c1-27-17-7-6-15(11-18(17)28-2)13-23-19(25)21(8-9-21)20(26)24-16-5-3-4-14(10-16)12-22/h3-7,10-11H,8-9,13H2,1-2H3,(H,23,25)(H,24,26). The van der Waals surface area contributed by atoms with Gasteiger partial charge in [-0.15, -0.1) is 0 Å². The molecule has 2 aromatic rings. The van der Waals surface area contributed by atoms with E-state index in [1.165, 1.54) is 0 Å². The Morgan fingerprint density at radius 1 is 1.07 bits per heavy atom. The van der Waals surface area contributed by atoms with E-state index in [9.17, 15) is 9.59 Å². The number of rotatable bonds is 7. The van der Waals surface area contributed by atoms with Gasteiger partial charge in [-0.25, -0.2) is 0 Å². The maximum atomic E-state index is 12.7. The first-order valence-corrected chi connectivity index (χ1v) is 8.83. The van der Waals surface area contributed by atoms with Gasteiger partial charge in [-0.1, -0.05) is 12.1 Å². The van der Waals surface area contributed by atoms with Gasteiger partial charge in [-0.2, -0.15) is 5.26 Å². The van der Waals surface area contributed by atoms with E-state index in [0.717, 1.165) is 5.56 Å². The number of nitrogens with zero attached hydrogens (tertiary/aromatic N) is 1. The fourth-order valence-corrected chi connectivity index (χ4v) is 2.94. The Bertz CT molecular complexity index is 945. The maximum absolute atomic E-state index is 12.7. The molecule has 0 saturated heterocycles. The van der Waals surface area contributed by atoms with Crippen molar-refractivity contribution < 1.29 is 19.1 Å². The molecule has 0 aromatic heterocycles. The first kappa shape index (κ1) is 19.2. The Morgan fingerprint density at radius 3 is 2.46 bits per heavy atom. The molecule has 0 unspecified atom stereocenters. The molecule has 7 heteroatoms. The minimum Gasteiger partial charge on any atom is -0.493 e. The van der Waals surface area contributed by atoms with Crippen molar-refractivity contribution in [2.75, 3.05) is 19.5 Å². The molecule has 0 heterocycles. The third kappa shape index (κ3) is 3.91. The number of amides is 2. The lowest BCUT2D eigenvalue weighted by Crippen LogP contribution is -2.39. The van der Waals surface area contributed by atoms with Crippen molar-refractivity contribution in [3.05, 3.63) is 53.6 Å². The molecule has 1 fully saturated rings. The highest BCUT2D eigenvalue weighted by Crippen LogP contribution is 2.47. The SMILES string of the molecule is COc1ccc(CNC(=O)C2(C(=O)Nc3cccc(C#N)c3)CC2)cc1OC. The second kappa shape index (κ2) is 8.01. The summed E-state index contributed by atoms with van der Waals surface area (Å²) in [4.78, 5) is 25.3. The molecule has 2 amide bonds. The Hall–Kier alpha value is -3.53. The average Bonchev–Trinajstić information content (AvgIpc) is 3.54. The van der Waals surface area contributed by atoms with E-state index >= 15 is 0 Å². The number of methoxy groups -OCH3 is 2. The lowest BCUT2D eigenvalue weighted by Gasteiger charge is -2.16. The van der Waals surface area contributed by atoms with E-state index < -0.39 is 5.41 Å². The van der Waals surface area contributed by atoms with Crippen molar-refractivity contribution in [3.8, 4) is 17.6 Å². The van der Waals surface area contributed by atoms with E-state index in [1.807, 2.05) is 12.1 Å². The van der Waals surface area contributed by atoms with Crippen molar-refractivity contribution >= 4 is 17.5 Å². The van der Waals surface area contributed by atoms with Gasteiger partial charge in [0.05, 0.1) is 25.9 Å². The largest absolute Gasteiger partial charge is 0.493 e. The van der Waals surface area contributed by atoms with Gasteiger partial charge in [-0.05, 0) is 48.7 Å². The van der Waals surface area contributed by atoms with E-state index in [0.29, 0.717) is 35.6 Å². The summed E-state index contributed by atoms with van der Waals surface area (Å²) in [7, 11) is 3.10. The zero-order valence-electron chi connectivity index (χ0n) is 15.7. The molecule has 0 radical (unpaired) electrons. The number of carbonyl (C=O) groups is 2. The Kier molecular flexibility index (Phi) is 5.50. The molecule has 144 valence electrons. The van der Waals surface area contributed by atoms with Crippen LogP contribution in [-0.4, -0.2) is 26.0 Å². The molecule has 0 spiro atoms. The minimum atomic E-state index is -1.06. The highest BCUT2D eigenvalue weighted by Gasteiger charge is 2.56. The second-order valence-corrected chi connectivity index (χ2v) is 6.60. The number of benzene rings is 2. The van der Waals surface area contributed by atoms with Crippen LogP contribution in [0, 0.1) is 16.7 Å². The van der Waals surface area contributed by atoms with Crippen LogP contribution in [0.3, 0.4) is 0 Å². The van der Waals surface area contributed by atoms with Crippen LogP contribution >= 0.6 is 0 Å². The molecule has 3 rings (SSSR count). The van der Waals surface area contributed by atoms with E-state index in [1.54, 1.807) is 50.6 Å². The third-order valence-electron chi connectivity index (χ3n) is 4.77. The average molecular weight is 379 g/mol. The normalized spacial score (nSPS) is 13.8. The quantitative estimate of drug-likeness (QED) is 0.720. The van der Waals surface area contributed by atoms with Gasteiger partial charge >= 0.3 is 0 Å². The van der Waals surface area contributed by atoms with Crippen LogP contribution < -0.4 is 20.1 Å². The van der Waals surface area contributed by atoms with Gasteiger partial charge in [0.1, 0.15) is 5.41 Å². The Balaban J connectivity index is 1.63. The molecule has 1 saturated carbocycles. The highest BCUT2D eigenvalue weighted by molar-refractivity contribution is 6.13. The molecule has 0 atom stereocenters. The molecule has 28 heavy (non-hydrogen) atoms. The van der Waals surface area contributed by atoms with Gasteiger partial charge < -0.3 is 20.1 Å². The van der Waals surface area contributed by atoms with Gasteiger partial charge in [0.25, 0.3) is 0 Å². The summed E-state index contributed by atoms with van der Waals surface area (Å²) in [5.74, 6) is 0.518. The van der Waals surface area contributed by atoms with Crippen LogP contribution in [0.25, 0.3) is 0 Å². The number of anilines is 1. The lowest BCUT2D eigenvalue weighted by molar-refractivity contribution is -0.134. The van der Waals surface area contributed by atoms with E-state index in [-0.39, 0.29) is 18.4 Å². The summed E-state index contributed by atoms with van der Waals surface area (Å²) >= 11 is 0. The summed E-state index contributed by atoms with van der Waals surface area (Å²) in [6, 6.07) is 14.0. The zero-order valence-corrected chi connectivity index (χ0v) is 15.7. The van der Waals surface area contributed by atoms with Gasteiger partial charge in [-0.3, -0.25) is 9.59 Å². The summed E-state index contributed by atoms with van der Waals surface area (Å²) in [5.41, 5.74) is 0.728. The van der Waals surface area contributed by atoms with Crippen LogP contribution in [0.15, 0.2) is 42.5 Å². The number of hydrogen-bond acceptors (Lipinski definition) is 5. The number of nitriles is 1.